The van der Waals surface area contributed by atoms with Crippen molar-refractivity contribution in [1.29, 1.82) is 0 Å². The van der Waals surface area contributed by atoms with E-state index in [1.807, 2.05) is 6.92 Å². The van der Waals surface area contributed by atoms with Crippen molar-refractivity contribution in [3.8, 4) is 0 Å². The normalized spacial score (nSPS) is 15.4. The van der Waals surface area contributed by atoms with Crippen LogP contribution in [0.4, 0.5) is 5.82 Å². The second kappa shape index (κ2) is 7.04. The van der Waals surface area contributed by atoms with Crippen LogP contribution >= 0.6 is 15.9 Å². The van der Waals surface area contributed by atoms with Gasteiger partial charge in [-0.25, -0.2) is 13.4 Å². The van der Waals surface area contributed by atoms with Crippen molar-refractivity contribution in [3.63, 3.8) is 0 Å². The minimum atomic E-state index is -3.59. The van der Waals surface area contributed by atoms with Crippen LogP contribution in [0.25, 0.3) is 0 Å². The molecular weight excluding hydrogens is 358 g/mol. The van der Waals surface area contributed by atoms with E-state index in [9.17, 15) is 8.42 Å². The first-order valence-electron chi connectivity index (χ1n) is 6.91. The van der Waals surface area contributed by atoms with Gasteiger partial charge in [-0.05, 0) is 41.8 Å². The van der Waals surface area contributed by atoms with Crippen LogP contribution in [-0.4, -0.2) is 50.6 Å². The number of anilines is 1. The number of ether oxygens (including phenoxy) is 1. The van der Waals surface area contributed by atoms with Crippen LogP contribution in [0.3, 0.4) is 0 Å². The Morgan fingerprint density at radius 1 is 1.52 bits per heavy atom. The van der Waals surface area contributed by atoms with Gasteiger partial charge < -0.3 is 10.1 Å². The van der Waals surface area contributed by atoms with Gasteiger partial charge in [-0.1, -0.05) is 0 Å². The lowest BCUT2D eigenvalue weighted by Gasteiger charge is -2.23. The molecule has 6 nitrogen and oxygen atoms in total. The summed E-state index contributed by atoms with van der Waals surface area (Å²) in [5.41, 5.74) is 0. The topological polar surface area (TPSA) is 71.5 Å². The predicted molar refractivity (Wildman–Crippen MR) is 84.9 cm³/mol. The van der Waals surface area contributed by atoms with Gasteiger partial charge >= 0.3 is 0 Å². The molecule has 8 heteroatoms. The fraction of sp³-hybridized carbons (Fsp3) is 0.615. The first-order chi connectivity index (χ1) is 10.0. The van der Waals surface area contributed by atoms with Crippen molar-refractivity contribution < 1.29 is 13.2 Å². The standard InChI is InChI=1S/C13H20BrN3O3S/c1-3-15-13-12(8-10(14)9-16-13)21(18,19)17(6-7-20-2)11-4-5-11/h8-9,11H,3-7H2,1-2H3,(H,15,16). The van der Waals surface area contributed by atoms with Gasteiger partial charge in [0.05, 0.1) is 6.61 Å². The molecule has 0 amide bonds. The molecule has 0 unspecified atom stereocenters. The summed E-state index contributed by atoms with van der Waals surface area (Å²) in [6.07, 6.45) is 3.40. The van der Waals surface area contributed by atoms with Gasteiger partial charge in [0.1, 0.15) is 10.7 Å². The second-order valence-electron chi connectivity index (χ2n) is 4.87. The Kier molecular flexibility index (Phi) is 5.59. The zero-order valence-electron chi connectivity index (χ0n) is 12.2. The Morgan fingerprint density at radius 2 is 2.24 bits per heavy atom. The molecule has 118 valence electrons. The van der Waals surface area contributed by atoms with E-state index in [0.29, 0.717) is 30.0 Å². The first kappa shape index (κ1) is 16.7. The van der Waals surface area contributed by atoms with E-state index in [4.69, 9.17) is 4.74 Å². The van der Waals surface area contributed by atoms with Gasteiger partial charge in [0, 0.05) is 36.9 Å². The molecular formula is C13H20BrN3O3S. The Balaban J connectivity index is 2.38. The van der Waals surface area contributed by atoms with Gasteiger partial charge in [-0.2, -0.15) is 4.31 Å². The second-order valence-corrected chi connectivity index (χ2v) is 7.64. The third kappa shape index (κ3) is 3.94. The summed E-state index contributed by atoms with van der Waals surface area (Å²) in [6.45, 7) is 3.26. The average Bonchev–Trinajstić information content (AvgIpc) is 3.26. The number of aromatic nitrogens is 1. The maximum atomic E-state index is 12.9. The zero-order valence-corrected chi connectivity index (χ0v) is 14.6. The Hall–Kier alpha value is -0.700. The third-order valence-electron chi connectivity index (χ3n) is 3.22. The number of halogens is 1. The van der Waals surface area contributed by atoms with Crippen LogP contribution in [0.15, 0.2) is 21.6 Å². The van der Waals surface area contributed by atoms with Crippen LogP contribution in [-0.2, 0) is 14.8 Å². The zero-order chi connectivity index (χ0) is 15.5. The van der Waals surface area contributed by atoms with Crippen molar-refractivity contribution in [3.05, 3.63) is 16.7 Å². The highest BCUT2D eigenvalue weighted by atomic mass is 79.9. The molecule has 1 fully saturated rings. The summed E-state index contributed by atoms with van der Waals surface area (Å²) >= 11 is 3.30. The minimum absolute atomic E-state index is 0.0820. The lowest BCUT2D eigenvalue weighted by molar-refractivity contribution is 0.177. The van der Waals surface area contributed by atoms with Crippen molar-refractivity contribution in [1.82, 2.24) is 9.29 Å². The number of nitrogens with one attached hydrogen (secondary N) is 1. The Bertz CT molecular complexity index is 590. The van der Waals surface area contributed by atoms with E-state index in [0.717, 1.165) is 12.8 Å². The van der Waals surface area contributed by atoms with E-state index >= 15 is 0 Å². The molecule has 0 atom stereocenters. The number of hydrogen-bond acceptors (Lipinski definition) is 5. The molecule has 0 spiro atoms. The monoisotopic (exact) mass is 377 g/mol. The molecule has 0 aliphatic heterocycles. The summed E-state index contributed by atoms with van der Waals surface area (Å²) in [5, 5.41) is 3.01. The molecule has 0 radical (unpaired) electrons. The molecule has 21 heavy (non-hydrogen) atoms. The van der Waals surface area contributed by atoms with Crippen LogP contribution in [0.1, 0.15) is 19.8 Å². The first-order valence-corrected chi connectivity index (χ1v) is 9.14. The summed E-state index contributed by atoms with van der Waals surface area (Å²) < 4.78 is 33.1. The molecule has 1 heterocycles. The van der Waals surface area contributed by atoms with Crippen LogP contribution in [0.5, 0.6) is 0 Å². The molecule has 1 aliphatic rings. The molecule has 1 aliphatic carbocycles. The van der Waals surface area contributed by atoms with Gasteiger partial charge in [0.2, 0.25) is 10.0 Å². The molecule has 0 saturated heterocycles. The number of pyridine rings is 1. The Labute approximate surface area is 134 Å². The predicted octanol–water partition coefficient (Wildman–Crippen LogP) is 2.08. The molecule has 2 rings (SSSR count). The highest BCUT2D eigenvalue weighted by molar-refractivity contribution is 9.10. The fourth-order valence-electron chi connectivity index (χ4n) is 2.09. The van der Waals surface area contributed by atoms with Gasteiger partial charge in [0.15, 0.2) is 0 Å². The number of hydrogen-bond donors (Lipinski definition) is 1. The number of rotatable bonds is 8. The Morgan fingerprint density at radius 3 is 2.81 bits per heavy atom. The summed E-state index contributed by atoms with van der Waals surface area (Å²) in [6, 6.07) is 1.68. The van der Waals surface area contributed by atoms with Gasteiger partial charge in [0.25, 0.3) is 0 Å². The van der Waals surface area contributed by atoms with Gasteiger partial charge in [-0.15, -0.1) is 0 Å². The quantitative estimate of drug-likeness (QED) is 0.750. The fourth-order valence-corrected chi connectivity index (χ4v) is 4.39. The number of sulfonamides is 1. The lowest BCUT2D eigenvalue weighted by Crippen LogP contribution is -2.36. The van der Waals surface area contributed by atoms with Crippen molar-refractivity contribution in [2.45, 2.75) is 30.7 Å². The lowest BCUT2D eigenvalue weighted by atomic mass is 10.4. The van der Waals surface area contributed by atoms with Crippen LogP contribution in [0.2, 0.25) is 0 Å². The molecule has 1 saturated carbocycles. The van der Waals surface area contributed by atoms with Crippen molar-refractivity contribution >= 4 is 31.8 Å². The average molecular weight is 378 g/mol. The van der Waals surface area contributed by atoms with Gasteiger partial charge in [-0.3, -0.25) is 0 Å². The molecule has 0 bridgehead atoms. The van der Waals surface area contributed by atoms with E-state index < -0.39 is 10.0 Å². The van der Waals surface area contributed by atoms with Crippen molar-refractivity contribution in [2.75, 3.05) is 32.1 Å². The number of methoxy groups -OCH3 is 1. The van der Waals surface area contributed by atoms with E-state index in [1.165, 1.54) is 4.31 Å². The van der Waals surface area contributed by atoms with Crippen molar-refractivity contribution in [2.24, 2.45) is 0 Å². The van der Waals surface area contributed by atoms with E-state index in [-0.39, 0.29) is 10.9 Å². The largest absolute Gasteiger partial charge is 0.383 e. The van der Waals surface area contributed by atoms with Crippen LogP contribution in [0, 0.1) is 0 Å². The third-order valence-corrected chi connectivity index (χ3v) is 5.62. The molecule has 0 aromatic carbocycles. The van der Waals surface area contributed by atoms with E-state index in [1.54, 1.807) is 19.4 Å². The molecule has 1 N–H and O–H groups in total. The minimum Gasteiger partial charge on any atom is -0.383 e. The summed E-state index contributed by atoms with van der Waals surface area (Å²) in [5.74, 6) is 0.392. The SMILES string of the molecule is CCNc1ncc(Br)cc1S(=O)(=O)N(CCOC)C1CC1. The molecule has 1 aromatic rings. The summed E-state index contributed by atoms with van der Waals surface area (Å²) in [4.78, 5) is 4.39. The van der Waals surface area contributed by atoms with E-state index in [2.05, 4.69) is 26.2 Å². The maximum absolute atomic E-state index is 12.9. The molecule has 1 aromatic heterocycles. The highest BCUT2D eigenvalue weighted by Gasteiger charge is 2.39. The smallest absolute Gasteiger partial charge is 0.247 e. The van der Waals surface area contributed by atoms with Crippen LogP contribution < -0.4 is 5.32 Å². The maximum Gasteiger partial charge on any atom is 0.247 e. The number of nitrogens with zero attached hydrogens (tertiary/aromatic N) is 2. The summed E-state index contributed by atoms with van der Waals surface area (Å²) in [7, 11) is -2.02. The highest BCUT2D eigenvalue weighted by Crippen LogP contribution is 2.34.